The van der Waals surface area contributed by atoms with Gasteiger partial charge in [-0.05, 0) is 30.3 Å². The van der Waals surface area contributed by atoms with Crippen LogP contribution in [0.1, 0.15) is 20.7 Å². The number of nitro benzene ring substituents is 1. The van der Waals surface area contributed by atoms with Crippen LogP contribution < -0.4 is 10.9 Å². The van der Waals surface area contributed by atoms with E-state index in [0.29, 0.717) is 4.47 Å². The van der Waals surface area contributed by atoms with Gasteiger partial charge in [0, 0.05) is 22.2 Å². The van der Waals surface area contributed by atoms with Crippen molar-refractivity contribution in [1.82, 2.24) is 10.9 Å². The summed E-state index contributed by atoms with van der Waals surface area (Å²) in [6.07, 6.45) is 0. The predicted molar refractivity (Wildman–Crippen MR) is 98.1 cm³/mol. The SMILES string of the molecule is O=C(COC(=O)c1cc(Br)ccc1Cl)NNC(=O)c1ccc([N+](=O)[O-])cc1. The number of carbonyl (C=O) groups is 3. The van der Waals surface area contributed by atoms with E-state index < -0.39 is 29.3 Å². The number of halogens is 2. The third-order valence-electron chi connectivity index (χ3n) is 3.14. The quantitative estimate of drug-likeness (QED) is 0.404. The van der Waals surface area contributed by atoms with Crippen molar-refractivity contribution in [2.75, 3.05) is 6.61 Å². The van der Waals surface area contributed by atoms with E-state index in [1.165, 1.54) is 24.3 Å². The number of nitro groups is 1. The lowest BCUT2D eigenvalue weighted by Crippen LogP contribution is -2.43. The first-order valence-corrected chi connectivity index (χ1v) is 8.41. The molecule has 2 amide bonds. The number of non-ortho nitro benzene ring substituents is 1. The van der Waals surface area contributed by atoms with Gasteiger partial charge in [-0.2, -0.15) is 0 Å². The molecule has 0 bridgehead atoms. The topological polar surface area (TPSA) is 128 Å². The number of amides is 2. The molecule has 11 heteroatoms. The molecule has 2 aromatic rings. The molecule has 0 aliphatic heterocycles. The number of hydrazine groups is 1. The van der Waals surface area contributed by atoms with Crippen molar-refractivity contribution in [1.29, 1.82) is 0 Å². The first kappa shape index (κ1) is 20.3. The maximum atomic E-state index is 11.9. The number of benzene rings is 2. The first-order chi connectivity index (χ1) is 12.8. The molecular formula is C16H11BrClN3O6. The number of hydrogen-bond acceptors (Lipinski definition) is 6. The van der Waals surface area contributed by atoms with Crippen LogP contribution in [0.2, 0.25) is 5.02 Å². The van der Waals surface area contributed by atoms with Crippen LogP contribution in [-0.4, -0.2) is 29.3 Å². The van der Waals surface area contributed by atoms with Crippen molar-refractivity contribution in [3.63, 3.8) is 0 Å². The maximum Gasteiger partial charge on any atom is 0.340 e. The minimum absolute atomic E-state index is 0.0776. The Balaban J connectivity index is 1.83. The number of nitrogens with one attached hydrogen (secondary N) is 2. The summed E-state index contributed by atoms with van der Waals surface area (Å²) in [6, 6.07) is 9.34. The third kappa shape index (κ3) is 5.76. The molecule has 0 saturated carbocycles. The maximum absolute atomic E-state index is 11.9. The molecule has 0 fully saturated rings. The minimum Gasteiger partial charge on any atom is -0.452 e. The highest BCUT2D eigenvalue weighted by atomic mass is 79.9. The molecule has 0 radical (unpaired) electrons. The van der Waals surface area contributed by atoms with Crippen LogP contribution in [0.15, 0.2) is 46.9 Å². The number of rotatable bonds is 5. The van der Waals surface area contributed by atoms with Crippen LogP contribution in [0.25, 0.3) is 0 Å². The van der Waals surface area contributed by atoms with Gasteiger partial charge in [-0.3, -0.25) is 30.6 Å². The number of hydrogen-bond donors (Lipinski definition) is 2. The zero-order valence-electron chi connectivity index (χ0n) is 13.4. The summed E-state index contributed by atoms with van der Waals surface area (Å²) in [4.78, 5) is 45.4. The molecule has 140 valence electrons. The van der Waals surface area contributed by atoms with Gasteiger partial charge in [0.25, 0.3) is 17.5 Å². The Labute approximate surface area is 165 Å². The molecule has 0 heterocycles. The van der Waals surface area contributed by atoms with Crippen molar-refractivity contribution in [2.24, 2.45) is 0 Å². The lowest BCUT2D eigenvalue weighted by atomic mass is 10.2. The molecule has 0 saturated heterocycles. The highest BCUT2D eigenvalue weighted by Gasteiger charge is 2.15. The number of carbonyl (C=O) groups excluding carboxylic acids is 3. The van der Waals surface area contributed by atoms with E-state index in [-0.39, 0.29) is 21.8 Å². The average Bonchev–Trinajstić information content (AvgIpc) is 2.66. The van der Waals surface area contributed by atoms with Gasteiger partial charge in [0.05, 0.1) is 15.5 Å². The van der Waals surface area contributed by atoms with Crippen LogP contribution in [0, 0.1) is 10.1 Å². The van der Waals surface area contributed by atoms with Gasteiger partial charge in [-0.25, -0.2) is 4.79 Å². The Morgan fingerprint density at radius 1 is 1.11 bits per heavy atom. The van der Waals surface area contributed by atoms with Crippen LogP contribution in [0.5, 0.6) is 0 Å². The number of nitrogens with zero attached hydrogens (tertiary/aromatic N) is 1. The largest absolute Gasteiger partial charge is 0.452 e. The fourth-order valence-corrected chi connectivity index (χ4v) is 2.39. The molecule has 0 atom stereocenters. The lowest BCUT2D eigenvalue weighted by molar-refractivity contribution is -0.384. The molecule has 0 aliphatic rings. The van der Waals surface area contributed by atoms with Gasteiger partial charge in [-0.15, -0.1) is 0 Å². The molecule has 2 aromatic carbocycles. The predicted octanol–water partition coefficient (Wildman–Crippen LogP) is 2.63. The standard InChI is InChI=1S/C16H11BrClN3O6/c17-10-3-6-13(18)12(7-10)16(24)27-8-14(22)19-20-15(23)9-1-4-11(5-2-9)21(25)26/h1-7H,8H2,(H,19,22)(H,20,23). The van der Waals surface area contributed by atoms with Gasteiger partial charge < -0.3 is 4.74 Å². The van der Waals surface area contributed by atoms with E-state index in [1.54, 1.807) is 6.07 Å². The molecule has 0 unspecified atom stereocenters. The normalized spacial score (nSPS) is 10.0. The summed E-state index contributed by atoms with van der Waals surface area (Å²) in [6.45, 7) is -0.651. The number of ether oxygens (including phenoxy) is 1. The Bertz CT molecular complexity index is 904. The molecule has 0 aromatic heterocycles. The fraction of sp³-hybridized carbons (Fsp3) is 0.0625. The Morgan fingerprint density at radius 2 is 1.78 bits per heavy atom. The van der Waals surface area contributed by atoms with E-state index in [1.807, 2.05) is 0 Å². The highest BCUT2D eigenvalue weighted by Crippen LogP contribution is 2.21. The van der Waals surface area contributed by atoms with Crippen LogP contribution in [0.3, 0.4) is 0 Å². The fourth-order valence-electron chi connectivity index (χ4n) is 1.83. The zero-order valence-corrected chi connectivity index (χ0v) is 15.7. The highest BCUT2D eigenvalue weighted by molar-refractivity contribution is 9.10. The summed E-state index contributed by atoms with van der Waals surface area (Å²) in [5.41, 5.74) is 4.16. The first-order valence-electron chi connectivity index (χ1n) is 7.23. The zero-order chi connectivity index (χ0) is 20.0. The van der Waals surface area contributed by atoms with E-state index in [2.05, 4.69) is 26.8 Å². The summed E-state index contributed by atoms with van der Waals surface area (Å²) in [5, 5.41) is 10.7. The molecule has 27 heavy (non-hydrogen) atoms. The third-order valence-corrected chi connectivity index (χ3v) is 3.96. The summed E-state index contributed by atoms with van der Waals surface area (Å²) >= 11 is 9.08. The lowest BCUT2D eigenvalue weighted by Gasteiger charge is -2.09. The molecule has 9 nitrogen and oxygen atoms in total. The van der Waals surface area contributed by atoms with Gasteiger partial charge in [0.15, 0.2) is 6.61 Å². The number of esters is 1. The Morgan fingerprint density at radius 3 is 2.41 bits per heavy atom. The van der Waals surface area contributed by atoms with Crippen LogP contribution in [-0.2, 0) is 9.53 Å². The Hall–Kier alpha value is -2.98. The van der Waals surface area contributed by atoms with Crippen molar-refractivity contribution in [2.45, 2.75) is 0 Å². The molecule has 0 spiro atoms. The van der Waals surface area contributed by atoms with Gasteiger partial charge in [0.1, 0.15) is 0 Å². The van der Waals surface area contributed by atoms with Crippen molar-refractivity contribution in [3.05, 3.63) is 73.2 Å². The van der Waals surface area contributed by atoms with Crippen LogP contribution >= 0.6 is 27.5 Å². The van der Waals surface area contributed by atoms with E-state index in [4.69, 9.17) is 16.3 Å². The summed E-state index contributed by atoms with van der Waals surface area (Å²) in [5.74, 6) is -2.29. The van der Waals surface area contributed by atoms with Gasteiger partial charge >= 0.3 is 5.97 Å². The van der Waals surface area contributed by atoms with Crippen LogP contribution in [0.4, 0.5) is 5.69 Å². The smallest absolute Gasteiger partial charge is 0.340 e. The van der Waals surface area contributed by atoms with E-state index in [0.717, 1.165) is 12.1 Å². The summed E-state index contributed by atoms with van der Waals surface area (Å²) < 4.78 is 5.43. The average molecular weight is 457 g/mol. The van der Waals surface area contributed by atoms with E-state index in [9.17, 15) is 24.5 Å². The molecular weight excluding hydrogens is 446 g/mol. The van der Waals surface area contributed by atoms with Crippen molar-refractivity contribution >= 4 is 51.0 Å². The monoisotopic (exact) mass is 455 g/mol. The van der Waals surface area contributed by atoms with Crippen molar-refractivity contribution < 1.29 is 24.0 Å². The summed E-state index contributed by atoms with van der Waals surface area (Å²) in [7, 11) is 0. The van der Waals surface area contributed by atoms with E-state index >= 15 is 0 Å². The molecule has 2 rings (SSSR count). The van der Waals surface area contributed by atoms with Crippen molar-refractivity contribution in [3.8, 4) is 0 Å². The molecule has 0 aliphatic carbocycles. The van der Waals surface area contributed by atoms with Gasteiger partial charge in [-0.1, -0.05) is 27.5 Å². The second kappa shape index (κ2) is 9.10. The Kier molecular flexibility index (Phi) is 6.85. The minimum atomic E-state index is -0.807. The second-order valence-electron chi connectivity index (χ2n) is 5.01. The second-order valence-corrected chi connectivity index (χ2v) is 6.33. The van der Waals surface area contributed by atoms with Gasteiger partial charge in [0.2, 0.25) is 0 Å². The molecule has 2 N–H and O–H groups in total.